The number of rotatable bonds is 5. The highest BCUT2D eigenvalue weighted by atomic mass is 19.4. The number of amides is 1. The lowest BCUT2D eigenvalue weighted by atomic mass is 10.1. The predicted octanol–water partition coefficient (Wildman–Crippen LogP) is 3.06. The number of halogens is 3. The molecule has 0 saturated heterocycles. The summed E-state index contributed by atoms with van der Waals surface area (Å²) in [5, 5.41) is 5.71. The second-order valence-electron chi connectivity index (χ2n) is 5.52. The van der Waals surface area contributed by atoms with Gasteiger partial charge in [0.1, 0.15) is 0 Å². The molecule has 1 aromatic heterocycles. The maximum Gasteiger partial charge on any atom is 0.471 e. The van der Waals surface area contributed by atoms with E-state index < -0.39 is 23.8 Å². The van der Waals surface area contributed by atoms with E-state index in [4.69, 9.17) is 0 Å². The van der Waals surface area contributed by atoms with Crippen LogP contribution >= 0.6 is 0 Å². The lowest BCUT2D eigenvalue weighted by molar-refractivity contribution is -0.159. The molecule has 1 amide bonds. The zero-order valence-electron chi connectivity index (χ0n) is 12.3. The van der Waals surface area contributed by atoms with Crippen molar-refractivity contribution in [3.8, 4) is 11.4 Å². The van der Waals surface area contributed by atoms with Crippen molar-refractivity contribution in [3.63, 3.8) is 0 Å². The van der Waals surface area contributed by atoms with E-state index in [1.54, 1.807) is 0 Å². The van der Waals surface area contributed by atoms with Gasteiger partial charge in [0.25, 0.3) is 5.91 Å². The number of carbonyl (C=O) groups excluding carboxylic acids is 2. The minimum Gasteiger partial charge on any atom is -0.329 e. The van der Waals surface area contributed by atoms with Gasteiger partial charge in [0, 0.05) is 17.7 Å². The molecule has 0 aliphatic heterocycles. The highest BCUT2D eigenvalue weighted by Gasteiger charge is 2.38. The van der Waals surface area contributed by atoms with Crippen LogP contribution in [-0.2, 0) is 15.8 Å². The van der Waals surface area contributed by atoms with E-state index in [0.29, 0.717) is 11.6 Å². The fourth-order valence-electron chi connectivity index (χ4n) is 2.04. The molecular formula is C15H12F3N3O3. The van der Waals surface area contributed by atoms with Gasteiger partial charge < -0.3 is 9.84 Å². The van der Waals surface area contributed by atoms with Crippen LogP contribution in [0, 0.1) is 5.92 Å². The van der Waals surface area contributed by atoms with Crippen molar-refractivity contribution in [1.29, 1.82) is 0 Å². The molecule has 1 fully saturated rings. The summed E-state index contributed by atoms with van der Waals surface area (Å²) in [5.74, 6) is -2.51. The molecule has 1 saturated carbocycles. The third-order valence-corrected chi connectivity index (χ3v) is 3.49. The van der Waals surface area contributed by atoms with Gasteiger partial charge in [0.15, 0.2) is 0 Å². The Morgan fingerprint density at radius 3 is 2.42 bits per heavy atom. The minimum absolute atomic E-state index is 0.218. The summed E-state index contributed by atoms with van der Waals surface area (Å²) in [4.78, 5) is 26.6. The van der Waals surface area contributed by atoms with E-state index in [1.807, 2.05) is 0 Å². The number of aromatic nitrogens is 2. The van der Waals surface area contributed by atoms with Crippen LogP contribution in [0.15, 0.2) is 28.8 Å². The van der Waals surface area contributed by atoms with Gasteiger partial charge in [-0.15, -0.1) is 0 Å². The van der Waals surface area contributed by atoms with Crippen LogP contribution in [0.5, 0.6) is 0 Å². The molecule has 1 aliphatic carbocycles. The second kappa shape index (κ2) is 6.06. The predicted molar refractivity (Wildman–Crippen MR) is 75.7 cm³/mol. The molecule has 24 heavy (non-hydrogen) atoms. The first-order chi connectivity index (χ1) is 11.3. The first kappa shape index (κ1) is 16.2. The normalized spacial score (nSPS) is 14.5. The van der Waals surface area contributed by atoms with E-state index in [2.05, 4.69) is 20.0 Å². The van der Waals surface area contributed by atoms with E-state index in [-0.39, 0.29) is 17.8 Å². The van der Waals surface area contributed by atoms with Crippen LogP contribution in [0.1, 0.15) is 25.2 Å². The average molecular weight is 339 g/mol. The Hall–Kier alpha value is -2.71. The highest BCUT2D eigenvalue weighted by Crippen LogP contribution is 2.32. The molecular weight excluding hydrogens is 327 g/mol. The molecule has 0 atom stereocenters. The largest absolute Gasteiger partial charge is 0.471 e. The Morgan fingerprint density at radius 1 is 1.21 bits per heavy atom. The number of carbonyl (C=O) groups is 2. The molecule has 1 heterocycles. The number of ketones is 1. The van der Waals surface area contributed by atoms with Crippen LogP contribution < -0.4 is 5.32 Å². The third kappa shape index (κ3) is 3.79. The van der Waals surface area contributed by atoms with Crippen LogP contribution in [0.25, 0.3) is 11.4 Å². The summed E-state index contributed by atoms with van der Waals surface area (Å²) in [6.45, 7) is 0. The summed E-state index contributed by atoms with van der Waals surface area (Å²) >= 11 is 0. The SMILES string of the molecule is O=C(CC1CC1)C(=O)Nc1ccc(-c2noc(C(F)(F)F)n2)cc1. The summed E-state index contributed by atoms with van der Waals surface area (Å²) in [6.07, 6.45) is -2.52. The molecule has 9 heteroatoms. The molecule has 126 valence electrons. The first-order valence-corrected chi connectivity index (χ1v) is 7.18. The smallest absolute Gasteiger partial charge is 0.329 e. The molecule has 1 N–H and O–H groups in total. The van der Waals surface area contributed by atoms with Gasteiger partial charge >= 0.3 is 12.1 Å². The quantitative estimate of drug-likeness (QED) is 0.846. The lowest BCUT2D eigenvalue weighted by Gasteiger charge is -2.04. The van der Waals surface area contributed by atoms with Crippen molar-refractivity contribution in [1.82, 2.24) is 10.1 Å². The number of benzene rings is 1. The number of Topliss-reactive ketones (excluding diaryl/α,β-unsaturated/α-hetero) is 1. The van der Waals surface area contributed by atoms with E-state index in [0.717, 1.165) is 12.8 Å². The van der Waals surface area contributed by atoms with Crippen molar-refractivity contribution in [3.05, 3.63) is 30.2 Å². The Kier molecular flexibility index (Phi) is 4.08. The number of anilines is 1. The van der Waals surface area contributed by atoms with Crippen LogP contribution in [0.2, 0.25) is 0 Å². The minimum atomic E-state index is -4.71. The van der Waals surface area contributed by atoms with Gasteiger partial charge in [-0.3, -0.25) is 9.59 Å². The molecule has 0 spiro atoms. The van der Waals surface area contributed by atoms with Gasteiger partial charge in [-0.1, -0.05) is 5.16 Å². The number of hydrogen-bond donors (Lipinski definition) is 1. The zero-order chi connectivity index (χ0) is 17.3. The topological polar surface area (TPSA) is 85.1 Å². The maximum absolute atomic E-state index is 12.4. The average Bonchev–Trinajstić information content (AvgIpc) is 3.18. The van der Waals surface area contributed by atoms with Crippen molar-refractivity contribution >= 4 is 17.4 Å². The van der Waals surface area contributed by atoms with Crippen molar-refractivity contribution in [2.24, 2.45) is 5.92 Å². The highest BCUT2D eigenvalue weighted by molar-refractivity contribution is 6.40. The molecule has 0 bridgehead atoms. The van der Waals surface area contributed by atoms with Crippen LogP contribution in [0.4, 0.5) is 18.9 Å². The maximum atomic E-state index is 12.4. The molecule has 3 rings (SSSR count). The fraction of sp³-hybridized carbons (Fsp3) is 0.333. The van der Waals surface area contributed by atoms with Crippen molar-refractivity contribution in [2.45, 2.75) is 25.4 Å². The van der Waals surface area contributed by atoms with Crippen LogP contribution in [-0.4, -0.2) is 21.8 Å². The molecule has 6 nitrogen and oxygen atoms in total. The van der Waals surface area contributed by atoms with Crippen molar-refractivity contribution in [2.75, 3.05) is 5.32 Å². The third-order valence-electron chi connectivity index (χ3n) is 3.49. The van der Waals surface area contributed by atoms with E-state index >= 15 is 0 Å². The van der Waals surface area contributed by atoms with Gasteiger partial charge in [0.2, 0.25) is 11.6 Å². The van der Waals surface area contributed by atoms with Gasteiger partial charge in [-0.05, 0) is 43.0 Å². The first-order valence-electron chi connectivity index (χ1n) is 7.18. The standard InChI is InChI=1S/C15H12F3N3O3/c16-15(17,18)14-20-12(21-24-14)9-3-5-10(6-4-9)19-13(23)11(22)7-8-1-2-8/h3-6,8H,1-2,7H2,(H,19,23). The molecule has 1 aromatic carbocycles. The summed E-state index contributed by atoms with van der Waals surface area (Å²) in [5.41, 5.74) is 0.643. The van der Waals surface area contributed by atoms with Gasteiger partial charge in [-0.25, -0.2) is 0 Å². The summed E-state index contributed by atoms with van der Waals surface area (Å²) in [6, 6.07) is 5.74. The van der Waals surface area contributed by atoms with E-state index in [9.17, 15) is 22.8 Å². The summed E-state index contributed by atoms with van der Waals surface area (Å²) < 4.78 is 41.4. The molecule has 2 aromatic rings. The van der Waals surface area contributed by atoms with Crippen LogP contribution in [0.3, 0.4) is 0 Å². The Bertz CT molecular complexity index is 764. The molecule has 0 unspecified atom stereocenters. The monoisotopic (exact) mass is 339 g/mol. The number of nitrogens with one attached hydrogen (secondary N) is 1. The number of nitrogens with zero attached hydrogens (tertiary/aromatic N) is 2. The fourth-order valence-corrected chi connectivity index (χ4v) is 2.04. The lowest BCUT2D eigenvalue weighted by Crippen LogP contribution is -2.22. The van der Waals surface area contributed by atoms with Gasteiger partial charge in [0.05, 0.1) is 0 Å². The molecule has 0 radical (unpaired) electrons. The molecule has 1 aliphatic rings. The summed E-state index contributed by atoms with van der Waals surface area (Å²) in [7, 11) is 0. The number of hydrogen-bond acceptors (Lipinski definition) is 5. The zero-order valence-corrected chi connectivity index (χ0v) is 12.3. The Morgan fingerprint density at radius 2 is 1.88 bits per heavy atom. The number of alkyl halides is 3. The van der Waals surface area contributed by atoms with E-state index in [1.165, 1.54) is 24.3 Å². The Labute approximate surface area is 134 Å². The Balaban J connectivity index is 1.65. The van der Waals surface area contributed by atoms with Crippen molar-refractivity contribution < 1.29 is 27.3 Å². The van der Waals surface area contributed by atoms with Gasteiger partial charge in [-0.2, -0.15) is 18.2 Å². The second-order valence-corrected chi connectivity index (χ2v) is 5.52.